The number of nitrogens with zero attached hydrogens (tertiary/aromatic N) is 4. The molecule has 0 amide bonds. The summed E-state index contributed by atoms with van der Waals surface area (Å²) in [6.07, 6.45) is 3.71. The van der Waals surface area contributed by atoms with Gasteiger partial charge in [-0.1, -0.05) is 29.3 Å². The molecule has 0 aliphatic carbocycles. The first-order valence-corrected chi connectivity index (χ1v) is 10.5. The number of anilines is 1. The monoisotopic (exact) mass is 448 g/mol. The Labute approximate surface area is 188 Å². The lowest BCUT2D eigenvalue weighted by atomic mass is 10.1. The Morgan fingerprint density at radius 1 is 1.00 bits per heavy atom. The number of aryl methyl sites for hydroxylation is 1. The Hall–Kier alpha value is -3.35. The fraction of sp³-hybridized carbons (Fsp3) is 0.0870. The van der Waals surface area contributed by atoms with Gasteiger partial charge in [-0.05, 0) is 55.5 Å². The van der Waals surface area contributed by atoms with Gasteiger partial charge in [0, 0.05) is 29.3 Å². The van der Waals surface area contributed by atoms with Crippen molar-refractivity contribution in [1.82, 2.24) is 24.6 Å². The number of hydrogen-bond donors (Lipinski definition) is 2. The quantitative estimate of drug-likeness (QED) is 0.345. The first-order valence-electron chi connectivity index (χ1n) is 9.72. The van der Waals surface area contributed by atoms with Gasteiger partial charge in [0.2, 0.25) is 0 Å². The molecule has 0 spiro atoms. The summed E-state index contributed by atoms with van der Waals surface area (Å²) in [5.74, 6) is 0.785. The van der Waals surface area contributed by atoms with Gasteiger partial charge in [0.25, 0.3) is 0 Å². The van der Waals surface area contributed by atoms with Gasteiger partial charge >= 0.3 is 0 Å². The van der Waals surface area contributed by atoms with Crippen LogP contribution in [0.25, 0.3) is 28.2 Å². The Balaban J connectivity index is 1.53. The molecular weight excluding hydrogens is 431 g/mol. The number of aromatic nitrogens is 5. The summed E-state index contributed by atoms with van der Waals surface area (Å²) in [4.78, 5) is 13.0. The Kier molecular flexibility index (Phi) is 5.10. The maximum atomic E-state index is 6.13. The largest absolute Gasteiger partial charge is 0.378 e. The SMILES string of the molecule is Cc1cccc(-c2[nH]c(CNc3ccc(Cl)c(Cl)c3)nc2-c2ccn3nccc3c2)n1. The molecule has 0 aliphatic rings. The van der Waals surface area contributed by atoms with Crippen molar-refractivity contribution >= 4 is 34.4 Å². The number of H-pyrrole nitrogens is 1. The van der Waals surface area contributed by atoms with Crippen LogP contribution in [0.2, 0.25) is 10.0 Å². The van der Waals surface area contributed by atoms with Gasteiger partial charge in [-0.3, -0.25) is 4.98 Å². The average Bonchev–Trinajstić information content (AvgIpc) is 3.41. The highest BCUT2D eigenvalue weighted by molar-refractivity contribution is 6.42. The highest BCUT2D eigenvalue weighted by Gasteiger charge is 2.16. The topological polar surface area (TPSA) is 70.9 Å². The van der Waals surface area contributed by atoms with Crippen LogP contribution in [0.1, 0.15) is 11.5 Å². The van der Waals surface area contributed by atoms with E-state index in [1.807, 2.05) is 54.0 Å². The molecule has 0 unspecified atom stereocenters. The molecule has 6 nitrogen and oxygen atoms in total. The molecule has 4 aromatic heterocycles. The van der Waals surface area contributed by atoms with Crippen LogP contribution in [0.3, 0.4) is 0 Å². The third-order valence-electron chi connectivity index (χ3n) is 4.95. The molecule has 8 heteroatoms. The number of halogens is 2. The van der Waals surface area contributed by atoms with E-state index in [1.54, 1.807) is 18.3 Å². The minimum absolute atomic E-state index is 0.492. The van der Waals surface area contributed by atoms with Crippen LogP contribution in [0.5, 0.6) is 0 Å². The molecule has 0 saturated carbocycles. The second kappa shape index (κ2) is 8.06. The maximum Gasteiger partial charge on any atom is 0.126 e. The minimum atomic E-state index is 0.492. The van der Waals surface area contributed by atoms with Crippen LogP contribution in [0.4, 0.5) is 5.69 Å². The van der Waals surface area contributed by atoms with Gasteiger partial charge in [0.15, 0.2) is 0 Å². The summed E-state index contributed by atoms with van der Waals surface area (Å²) in [7, 11) is 0. The molecule has 154 valence electrons. The van der Waals surface area contributed by atoms with E-state index in [0.717, 1.165) is 45.4 Å². The van der Waals surface area contributed by atoms with Crippen LogP contribution in [-0.4, -0.2) is 24.6 Å². The smallest absolute Gasteiger partial charge is 0.126 e. The second-order valence-corrected chi connectivity index (χ2v) is 7.98. The number of fused-ring (bicyclic) bond motifs is 1. The van der Waals surface area contributed by atoms with E-state index in [-0.39, 0.29) is 0 Å². The molecule has 5 rings (SSSR count). The number of hydrogen-bond acceptors (Lipinski definition) is 4. The van der Waals surface area contributed by atoms with Crippen molar-refractivity contribution < 1.29 is 0 Å². The molecule has 0 fully saturated rings. The number of imidazole rings is 1. The molecule has 0 saturated heterocycles. The fourth-order valence-electron chi connectivity index (χ4n) is 3.44. The molecule has 4 heterocycles. The third-order valence-corrected chi connectivity index (χ3v) is 5.69. The number of pyridine rings is 2. The molecular formula is C23H18Cl2N6. The van der Waals surface area contributed by atoms with Crippen LogP contribution >= 0.6 is 23.2 Å². The van der Waals surface area contributed by atoms with Crippen molar-refractivity contribution in [2.24, 2.45) is 0 Å². The molecule has 0 atom stereocenters. The molecule has 0 radical (unpaired) electrons. The van der Waals surface area contributed by atoms with Gasteiger partial charge < -0.3 is 10.3 Å². The van der Waals surface area contributed by atoms with E-state index in [2.05, 4.69) is 21.5 Å². The van der Waals surface area contributed by atoms with Crippen molar-refractivity contribution in [2.75, 3.05) is 5.32 Å². The molecule has 0 aliphatic heterocycles. The predicted octanol–water partition coefficient (Wildman–Crippen LogP) is 6.01. The van der Waals surface area contributed by atoms with Crippen molar-refractivity contribution in [1.29, 1.82) is 0 Å². The van der Waals surface area contributed by atoms with E-state index < -0.39 is 0 Å². The summed E-state index contributed by atoms with van der Waals surface area (Å²) in [5, 5.41) is 8.64. The molecule has 2 N–H and O–H groups in total. The van der Waals surface area contributed by atoms with Crippen LogP contribution < -0.4 is 5.32 Å². The highest BCUT2D eigenvalue weighted by Crippen LogP contribution is 2.30. The lowest BCUT2D eigenvalue weighted by Crippen LogP contribution is -2.01. The zero-order valence-electron chi connectivity index (χ0n) is 16.6. The van der Waals surface area contributed by atoms with Crippen molar-refractivity contribution in [3.8, 4) is 22.6 Å². The van der Waals surface area contributed by atoms with E-state index in [9.17, 15) is 0 Å². The molecule has 1 aromatic carbocycles. The zero-order valence-corrected chi connectivity index (χ0v) is 18.1. The normalized spacial score (nSPS) is 11.2. The van der Waals surface area contributed by atoms with Crippen molar-refractivity contribution in [2.45, 2.75) is 13.5 Å². The number of aromatic amines is 1. The van der Waals surface area contributed by atoms with Gasteiger partial charge in [0.05, 0.1) is 39.2 Å². The Morgan fingerprint density at radius 3 is 2.74 bits per heavy atom. The maximum absolute atomic E-state index is 6.13. The molecule has 31 heavy (non-hydrogen) atoms. The summed E-state index contributed by atoms with van der Waals surface area (Å²) in [5.41, 5.74) is 6.36. The standard InChI is InChI=1S/C23H18Cl2N6/c1-14-3-2-4-20(28-14)23-22(15-8-10-31-17(11-15)7-9-27-31)29-21(30-23)13-26-16-5-6-18(24)19(25)12-16/h2-12,26H,13H2,1H3,(H,29,30). The predicted molar refractivity (Wildman–Crippen MR) is 125 cm³/mol. The first-order chi connectivity index (χ1) is 15.1. The lowest BCUT2D eigenvalue weighted by molar-refractivity contribution is 0.961. The fourth-order valence-corrected chi connectivity index (χ4v) is 3.74. The Bertz CT molecular complexity index is 1390. The van der Waals surface area contributed by atoms with Crippen LogP contribution in [-0.2, 0) is 6.54 Å². The number of rotatable bonds is 5. The summed E-state index contributed by atoms with van der Waals surface area (Å²) >= 11 is 12.1. The van der Waals surface area contributed by atoms with Crippen LogP contribution in [0, 0.1) is 6.92 Å². The van der Waals surface area contributed by atoms with E-state index in [0.29, 0.717) is 16.6 Å². The molecule has 5 aromatic rings. The van der Waals surface area contributed by atoms with Crippen LogP contribution in [0.15, 0.2) is 67.0 Å². The van der Waals surface area contributed by atoms with Gasteiger partial charge in [0.1, 0.15) is 5.82 Å². The number of benzene rings is 1. The van der Waals surface area contributed by atoms with Gasteiger partial charge in [-0.15, -0.1) is 0 Å². The van der Waals surface area contributed by atoms with E-state index in [1.165, 1.54) is 0 Å². The third kappa shape index (κ3) is 4.00. The van der Waals surface area contributed by atoms with E-state index in [4.69, 9.17) is 33.2 Å². The Morgan fingerprint density at radius 2 is 1.90 bits per heavy atom. The summed E-state index contributed by atoms with van der Waals surface area (Å²) in [6, 6.07) is 17.4. The van der Waals surface area contributed by atoms with E-state index >= 15 is 0 Å². The van der Waals surface area contributed by atoms with Gasteiger partial charge in [-0.25, -0.2) is 9.50 Å². The van der Waals surface area contributed by atoms with Crippen molar-refractivity contribution in [3.05, 3.63) is 88.6 Å². The second-order valence-electron chi connectivity index (χ2n) is 7.17. The lowest BCUT2D eigenvalue weighted by Gasteiger charge is -2.05. The van der Waals surface area contributed by atoms with Crippen molar-refractivity contribution in [3.63, 3.8) is 0 Å². The number of nitrogens with one attached hydrogen (secondary N) is 2. The highest BCUT2D eigenvalue weighted by atomic mass is 35.5. The van der Waals surface area contributed by atoms with Gasteiger partial charge in [-0.2, -0.15) is 5.10 Å². The average molecular weight is 449 g/mol. The summed E-state index contributed by atoms with van der Waals surface area (Å²) in [6.45, 7) is 2.47. The first kappa shape index (κ1) is 19.6. The summed E-state index contributed by atoms with van der Waals surface area (Å²) < 4.78 is 1.83. The molecule has 0 bridgehead atoms. The zero-order chi connectivity index (χ0) is 21.4. The minimum Gasteiger partial charge on any atom is -0.378 e.